The van der Waals surface area contributed by atoms with Crippen LogP contribution in [0.25, 0.3) is 0 Å². The molecule has 25 heavy (non-hydrogen) atoms. The summed E-state index contributed by atoms with van der Waals surface area (Å²) in [6, 6.07) is 13.9. The third kappa shape index (κ3) is 4.87. The number of hydrogen-bond acceptors (Lipinski definition) is 4. The lowest BCUT2D eigenvalue weighted by atomic mass is 10.2. The Kier molecular flexibility index (Phi) is 5.40. The van der Waals surface area contributed by atoms with E-state index in [4.69, 9.17) is 4.74 Å². The molecule has 0 spiro atoms. The van der Waals surface area contributed by atoms with E-state index in [-0.39, 0.29) is 18.3 Å². The van der Waals surface area contributed by atoms with E-state index >= 15 is 0 Å². The van der Waals surface area contributed by atoms with Gasteiger partial charge >= 0.3 is 0 Å². The Morgan fingerprint density at radius 1 is 1.24 bits per heavy atom. The molecule has 1 aromatic heterocycles. The van der Waals surface area contributed by atoms with E-state index in [2.05, 4.69) is 10.3 Å². The number of hydrogen-bond donors (Lipinski definition) is 1. The van der Waals surface area contributed by atoms with Crippen LogP contribution in [0.4, 0.5) is 4.39 Å². The predicted octanol–water partition coefficient (Wildman–Crippen LogP) is 4.10. The highest BCUT2D eigenvalue weighted by molar-refractivity contribution is 7.09. The minimum absolute atomic E-state index is 0.253. The van der Waals surface area contributed by atoms with Crippen LogP contribution in [0.2, 0.25) is 0 Å². The maximum atomic E-state index is 13.1. The van der Waals surface area contributed by atoms with Gasteiger partial charge in [-0.3, -0.25) is 4.79 Å². The molecule has 128 valence electrons. The largest absolute Gasteiger partial charge is 0.486 e. The minimum atomic E-state index is -0.323. The zero-order chi connectivity index (χ0) is 17.6. The molecule has 0 bridgehead atoms. The molecule has 1 heterocycles. The van der Waals surface area contributed by atoms with E-state index in [0.29, 0.717) is 17.9 Å². The first kappa shape index (κ1) is 17.1. The van der Waals surface area contributed by atoms with E-state index < -0.39 is 0 Å². The summed E-state index contributed by atoms with van der Waals surface area (Å²) in [4.78, 5) is 16.4. The summed E-state index contributed by atoms with van der Waals surface area (Å²) in [5, 5.41) is 5.14. The van der Waals surface area contributed by atoms with Crippen LogP contribution in [0.1, 0.15) is 26.6 Å². The lowest BCUT2D eigenvalue weighted by Crippen LogP contribution is -2.23. The number of aromatic nitrogens is 1. The summed E-state index contributed by atoms with van der Waals surface area (Å²) < 4.78 is 18.8. The third-order valence-corrected chi connectivity index (χ3v) is 4.33. The molecule has 0 atom stereocenters. The number of halogens is 1. The first-order valence-corrected chi connectivity index (χ1v) is 8.64. The molecule has 0 aliphatic heterocycles. The lowest BCUT2D eigenvalue weighted by Gasteiger charge is -2.04. The van der Waals surface area contributed by atoms with Gasteiger partial charge in [-0.15, -0.1) is 11.3 Å². The molecular weight excluding hydrogens is 339 g/mol. The smallest absolute Gasteiger partial charge is 0.271 e. The van der Waals surface area contributed by atoms with Crippen LogP contribution in [0.15, 0.2) is 53.9 Å². The zero-order valence-corrected chi connectivity index (χ0v) is 14.5. The molecule has 0 radical (unpaired) electrons. The monoisotopic (exact) mass is 356 g/mol. The Bertz CT molecular complexity index is 862. The van der Waals surface area contributed by atoms with Crippen LogP contribution in [0.5, 0.6) is 5.75 Å². The predicted molar refractivity (Wildman–Crippen MR) is 95.2 cm³/mol. The first-order chi connectivity index (χ1) is 12.1. The van der Waals surface area contributed by atoms with Crippen molar-refractivity contribution in [3.63, 3.8) is 0 Å². The first-order valence-electron chi connectivity index (χ1n) is 7.77. The van der Waals surface area contributed by atoms with Crippen LogP contribution in [-0.2, 0) is 13.2 Å². The van der Waals surface area contributed by atoms with E-state index in [9.17, 15) is 9.18 Å². The van der Waals surface area contributed by atoms with Gasteiger partial charge < -0.3 is 10.1 Å². The Labute approximate surface area is 149 Å². The molecule has 0 fully saturated rings. The summed E-state index contributed by atoms with van der Waals surface area (Å²) in [6.07, 6.45) is 0. The van der Waals surface area contributed by atoms with Crippen molar-refractivity contribution in [2.75, 3.05) is 0 Å². The number of amides is 1. The molecule has 0 saturated carbocycles. The topological polar surface area (TPSA) is 51.2 Å². The normalized spacial score (nSPS) is 10.5. The second-order valence-electron chi connectivity index (χ2n) is 5.54. The molecule has 2 aromatic carbocycles. The molecule has 0 aliphatic carbocycles. The number of ether oxygens (including phenoxy) is 1. The number of carbonyl (C=O) groups excluding carboxylic acids is 1. The molecule has 3 rings (SSSR count). The van der Waals surface area contributed by atoms with Crippen LogP contribution >= 0.6 is 11.3 Å². The fraction of sp³-hybridized carbons (Fsp3) is 0.158. The molecule has 0 unspecified atom stereocenters. The average molecular weight is 356 g/mol. The molecule has 4 nitrogen and oxygen atoms in total. The highest BCUT2D eigenvalue weighted by Gasteiger charge is 2.11. The Morgan fingerprint density at radius 2 is 2.04 bits per heavy atom. The quantitative estimate of drug-likeness (QED) is 0.723. The summed E-state index contributed by atoms with van der Waals surface area (Å²) in [5.74, 6) is 0.149. The van der Waals surface area contributed by atoms with Crippen LogP contribution in [-0.4, -0.2) is 10.9 Å². The highest BCUT2D eigenvalue weighted by atomic mass is 32.1. The van der Waals surface area contributed by atoms with E-state index in [1.807, 2.05) is 31.2 Å². The summed E-state index contributed by atoms with van der Waals surface area (Å²) in [6.45, 7) is 2.58. The van der Waals surface area contributed by atoms with Gasteiger partial charge in [0.2, 0.25) is 0 Å². The van der Waals surface area contributed by atoms with E-state index in [0.717, 1.165) is 10.8 Å². The van der Waals surface area contributed by atoms with Gasteiger partial charge in [0, 0.05) is 11.9 Å². The van der Waals surface area contributed by atoms with Gasteiger partial charge in [0.1, 0.15) is 28.9 Å². The van der Waals surface area contributed by atoms with Crippen molar-refractivity contribution in [1.82, 2.24) is 10.3 Å². The van der Waals surface area contributed by atoms with Gasteiger partial charge in [-0.2, -0.15) is 0 Å². The van der Waals surface area contributed by atoms with Crippen molar-refractivity contribution in [3.05, 3.63) is 81.6 Å². The maximum absolute atomic E-state index is 13.1. The molecule has 1 N–H and O–H groups in total. The van der Waals surface area contributed by atoms with Crippen molar-refractivity contribution in [1.29, 1.82) is 0 Å². The van der Waals surface area contributed by atoms with E-state index in [1.165, 1.54) is 29.0 Å². The number of rotatable bonds is 6. The number of aryl methyl sites for hydroxylation is 1. The molecule has 0 saturated heterocycles. The van der Waals surface area contributed by atoms with Crippen molar-refractivity contribution in [2.45, 2.75) is 20.1 Å². The highest BCUT2D eigenvalue weighted by Crippen LogP contribution is 2.16. The van der Waals surface area contributed by atoms with Crippen molar-refractivity contribution < 1.29 is 13.9 Å². The molecule has 6 heteroatoms. The number of thiazole rings is 1. The standard InChI is InChI=1S/C19H17FN2O2S/c1-13-5-7-16(8-6-13)24-11-18-22-17(12-25-18)19(23)21-10-14-3-2-4-15(20)9-14/h2-9,12H,10-11H2,1H3,(H,21,23). The second kappa shape index (κ2) is 7.90. The summed E-state index contributed by atoms with van der Waals surface area (Å²) in [7, 11) is 0. The summed E-state index contributed by atoms with van der Waals surface area (Å²) in [5.41, 5.74) is 2.20. The Balaban J connectivity index is 1.53. The fourth-order valence-corrected chi connectivity index (χ4v) is 2.87. The number of benzene rings is 2. The van der Waals surface area contributed by atoms with Crippen LogP contribution in [0.3, 0.4) is 0 Å². The van der Waals surface area contributed by atoms with Crippen LogP contribution < -0.4 is 10.1 Å². The number of nitrogens with one attached hydrogen (secondary N) is 1. The van der Waals surface area contributed by atoms with E-state index in [1.54, 1.807) is 17.5 Å². The van der Waals surface area contributed by atoms with Gasteiger partial charge in [-0.1, -0.05) is 29.8 Å². The average Bonchev–Trinajstić information content (AvgIpc) is 3.08. The van der Waals surface area contributed by atoms with Crippen molar-refractivity contribution in [3.8, 4) is 5.75 Å². The summed E-state index contributed by atoms with van der Waals surface area (Å²) >= 11 is 1.37. The Morgan fingerprint density at radius 3 is 2.80 bits per heavy atom. The van der Waals surface area contributed by atoms with Gasteiger partial charge in [-0.05, 0) is 36.8 Å². The number of carbonyl (C=O) groups is 1. The van der Waals surface area contributed by atoms with Gasteiger partial charge in [-0.25, -0.2) is 9.37 Å². The SMILES string of the molecule is Cc1ccc(OCc2nc(C(=O)NCc3cccc(F)c3)cs2)cc1. The molecule has 3 aromatic rings. The van der Waals surface area contributed by atoms with Crippen molar-refractivity contribution >= 4 is 17.2 Å². The lowest BCUT2D eigenvalue weighted by molar-refractivity contribution is 0.0946. The van der Waals surface area contributed by atoms with Gasteiger partial charge in [0.05, 0.1) is 0 Å². The van der Waals surface area contributed by atoms with Crippen LogP contribution in [0, 0.1) is 12.7 Å². The second-order valence-corrected chi connectivity index (χ2v) is 6.48. The zero-order valence-electron chi connectivity index (χ0n) is 13.7. The number of nitrogens with zero attached hydrogens (tertiary/aromatic N) is 1. The van der Waals surface area contributed by atoms with Crippen molar-refractivity contribution in [2.24, 2.45) is 0 Å². The third-order valence-electron chi connectivity index (χ3n) is 3.51. The molecular formula is C19H17FN2O2S. The van der Waals surface area contributed by atoms with Gasteiger partial charge in [0.25, 0.3) is 5.91 Å². The minimum Gasteiger partial charge on any atom is -0.486 e. The maximum Gasteiger partial charge on any atom is 0.271 e. The Hall–Kier alpha value is -2.73. The van der Waals surface area contributed by atoms with Gasteiger partial charge in [0.15, 0.2) is 0 Å². The molecule has 0 aliphatic rings. The fourth-order valence-electron chi connectivity index (χ4n) is 2.18. The molecule has 1 amide bonds.